The fraction of sp³-hybridized carbons (Fsp3) is 0.500. The average molecular weight is 233 g/mol. The Kier molecular flexibility index (Phi) is 3.67. The molecule has 1 N–H and O–H groups in total. The third-order valence-corrected chi connectivity index (χ3v) is 3.05. The minimum absolute atomic E-state index is 0.00199. The zero-order chi connectivity index (χ0) is 12.3. The van der Waals surface area contributed by atoms with Crippen LogP contribution in [0.2, 0.25) is 0 Å². The first kappa shape index (κ1) is 12.0. The number of hydrogen-bond acceptors (Lipinski definition) is 2. The molecule has 1 aromatic rings. The SMILES string of the molecule is CCC[C@H](C)NC(=O)[C@@H]1Cc2ccccc2O1. The summed E-state index contributed by atoms with van der Waals surface area (Å²) in [5.41, 5.74) is 1.12. The molecule has 0 saturated heterocycles. The standard InChI is InChI=1S/C14H19NO2/c1-3-6-10(2)15-14(16)13-9-11-7-4-5-8-12(11)17-13/h4-5,7-8,10,13H,3,6,9H2,1-2H3,(H,15,16)/t10-,13-/m0/s1. The fourth-order valence-electron chi connectivity index (χ4n) is 2.17. The summed E-state index contributed by atoms with van der Waals surface area (Å²) in [5, 5.41) is 2.99. The van der Waals surface area contributed by atoms with Gasteiger partial charge in [-0.25, -0.2) is 0 Å². The Morgan fingerprint density at radius 3 is 3.00 bits per heavy atom. The molecule has 3 nitrogen and oxygen atoms in total. The molecule has 1 heterocycles. The lowest BCUT2D eigenvalue weighted by molar-refractivity contribution is -0.127. The van der Waals surface area contributed by atoms with Crippen LogP contribution in [-0.4, -0.2) is 18.1 Å². The molecule has 1 aliphatic rings. The second-order valence-electron chi connectivity index (χ2n) is 4.62. The number of hydrogen-bond donors (Lipinski definition) is 1. The zero-order valence-corrected chi connectivity index (χ0v) is 10.4. The largest absolute Gasteiger partial charge is 0.480 e. The van der Waals surface area contributed by atoms with Crippen LogP contribution >= 0.6 is 0 Å². The summed E-state index contributed by atoms with van der Waals surface area (Å²) in [6.07, 6.45) is 2.41. The smallest absolute Gasteiger partial charge is 0.261 e. The van der Waals surface area contributed by atoms with Crippen LogP contribution < -0.4 is 10.1 Å². The monoisotopic (exact) mass is 233 g/mol. The normalized spacial score (nSPS) is 19.3. The van der Waals surface area contributed by atoms with E-state index in [1.165, 1.54) is 0 Å². The van der Waals surface area contributed by atoms with Crippen LogP contribution in [0.25, 0.3) is 0 Å². The van der Waals surface area contributed by atoms with Gasteiger partial charge in [-0.2, -0.15) is 0 Å². The van der Waals surface area contributed by atoms with E-state index < -0.39 is 0 Å². The third kappa shape index (κ3) is 2.78. The van der Waals surface area contributed by atoms with Crippen molar-refractivity contribution in [1.82, 2.24) is 5.32 Å². The molecule has 0 aliphatic carbocycles. The number of ether oxygens (including phenoxy) is 1. The molecular weight excluding hydrogens is 214 g/mol. The number of fused-ring (bicyclic) bond motifs is 1. The van der Waals surface area contributed by atoms with Gasteiger partial charge in [0.25, 0.3) is 5.91 Å². The summed E-state index contributed by atoms with van der Waals surface area (Å²) in [7, 11) is 0. The van der Waals surface area contributed by atoms with Gasteiger partial charge in [0.05, 0.1) is 0 Å². The lowest BCUT2D eigenvalue weighted by atomic mass is 10.1. The van der Waals surface area contributed by atoms with Crippen molar-refractivity contribution in [3.63, 3.8) is 0 Å². The molecule has 3 heteroatoms. The minimum Gasteiger partial charge on any atom is -0.480 e. The van der Waals surface area contributed by atoms with Crippen LogP contribution in [0, 0.1) is 0 Å². The Hall–Kier alpha value is -1.51. The number of benzene rings is 1. The van der Waals surface area contributed by atoms with Gasteiger partial charge >= 0.3 is 0 Å². The molecule has 92 valence electrons. The summed E-state index contributed by atoms with van der Waals surface area (Å²) >= 11 is 0. The Labute approximate surface area is 102 Å². The van der Waals surface area contributed by atoms with E-state index in [1.807, 2.05) is 31.2 Å². The highest BCUT2D eigenvalue weighted by Gasteiger charge is 2.29. The van der Waals surface area contributed by atoms with Gasteiger partial charge in [-0.1, -0.05) is 31.5 Å². The van der Waals surface area contributed by atoms with Gasteiger partial charge < -0.3 is 10.1 Å². The summed E-state index contributed by atoms with van der Waals surface area (Å²) in [6, 6.07) is 8.05. The lowest BCUT2D eigenvalue weighted by Gasteiger charge is -2.16. The molecule has 0 aromatic heterocycles. The Morgan fingerprint density at radius 2 is 2.29 bits per heavy atom. The van der Waals surface area contributed by atoms with Gasteiger partial charge in [0, 0.05) is 12.5 Å². The van der Waals surface area contributed by atoms with E-state index in [0.29, 0.717) is 6.42 Å². The third-order valence-electron chi connectivity index (χ3n) is 3.05. The van der Waals surface area contributed by atoms with Gasteiger partial charge in [0.1, 0.15) is 5.75 Å². The molecular formula is C14H19NO2. The van der Waals surface area contributed by atoms with Crippen molar-refractivity contribution in [2.24, 2.45) is 0 Å². The van der Waals surface area contributed by atoms with E-state index in [1.54, 1.807) is 0 Å². The van der Waals surface area contributed by atoms with Crippen LogP contribution in [0.1, 0.15) is 32.3 Å². The second kappa shape index (κ2) is 5.21. The second-order valence-corrected chi connectivity index (χ2v) is 4.62. The van der Waals surface area contributed by atoms with Crippen molar-refractivity contribution in [3.8, 4) is 5.75 Å². The topological polar surface area (TPSA) is 38.3 Å². The molecule has 0 spiro atoms. The predicted octanol–water partition coefficient (Wildman–Crippen LogP) is 2.29. The molecule has 1 aliphatic heterocycles. The Bertz CT molecular complexity index is 378. The maximum Gasteiger partial charge on any atom is 0.261 e. The van der Waals surface area contributed by atoms with E-state index >= 15 is 0 Å². The maximum atomic E-state index is 12.0. The average Bonchev–Trinajstić information content (AvgIpc) is 2.72. The maximum absolute atomic E-state index is 12.0. The van der Waals surface area contributed by atoms with Gasteiger partial charge in [0.15, 0.2) is 6.10 Å². The number of para-hydroxylation sites is 1. The number of nitrogens with one attached hydrogen (secondary N) is 1. The summed E-state index contributed by atoms with van der Waals surface area (Å²) in [5.74, 6) is 0.845. The molecule has 17 heavy (non-hydrogen) atoms. The summed E-state index contributed by atoms with van der Waals surface area (Å²) in [4.78, 5) is 12.0. The van der Waals surface area contributed by atoms with Crippen molar-refractivity contribution < 1.29 is 9.53 Å². The number of amides is 1. The molecule has 1 aromatic carbocycles. The first-order valence-corrected chi connectivity index (χ1v) is 6.25. The van der Waals surface area contributed by atoms with Gasteiger partial charge in [0.2, 0.25) is 0 Å². The number of rotatable bonds is 4. The first-order chi connectivity index (χ1) is 8.20. The molecule has 0 bridgehead atoms. The van der Waals surface area contributed by atoms with Crippen LogP contribution in [0.5, 0.6) is 5.75 Å². The van der Waals surface area contributed by atoms with E-state index in [4.69, 9.17) is 4.74 Å². The van der Waals surface area contributed by atoms with Crippen molar-refractivity contribution in [3.05, 3.63) is 29.8 Å². The van der Waals surface area contributed by atoms with E-state index in [0.717, 1.165) is 24.2 Å². The summed E-state index contributed by atoms with van der Waals surface area (Å²) in [6.45, 7) is 4.15. The van der Waals surface area contributed by atoms with Crippen molar-refractivity contribution in [2.75, 3.05) is 0 Å². The molecule has 0 radical (unpaired) electrons. The molecule has 0 unspecified atom stereocenters. The summed E-state index contributed by atoms with van der Waals surface area (Å²) < 4.78 is 5.64. The number of carbonyl (C=O) groups is 1. The fourth-order valence-corrected chi connectivity index (χ4v) is 2.17. The van der Waals surface area contributed by atoms with Crippen molar-refractivity contribution in [1.29, 1.82) is 0 Å². The zero-order valence-electron chi connectivity index (χ0n) is 10.4. The minimum atomic E-state index is -0.355. The van der Waals surface area contributed by atoms with Gasteiger partial charge in [-0.3, -0.25) is 4.79 Å². The van der Waals surface area contributed by atoms with Crippen molar-refractivity contribution in [2.45, 2.75) is 45.3 Å². The van der Waals surface area contributed by atoms with Crippen LogP contribution in [0.4, 0.5) is 0 Å². The van der Waals surface area contributed by atoms with E-state index in [2.05, 4.69) is 12.2 Å². The predicted molar refractivity (Wildman–Crippen MR) is 67.1 cm³/mol. The van der Waals surface area contributed by atoms with Gasteiger partial charge in [-0.05, 0) is 25.0 Å². The highest BCUT2D eigenvalue weighted by Crippen LogP contribution is 2.28. The molecule has 0 fully saturated rings. The van der Waals surface area contributed by atoms with Gasteiger partial charge in [-0.15, -0.1) is 0 Å². The quantitative estimate of drug-likeness (QED) is 0.866. The molecule has 2 atom stereocenters. The van der Waals surface area contributed by atoms with Crippen LogP contribution in [0.3, 0.4) is 0 Å². The number of carbonyl (C=O) groups excluding carboxylic acids is 1. The highest BCUT2D eigenvalue weighted by atomic mass is 16.5. The molecule has 0 saturated carbocycles. The Morgan fingerprint density at radius 1 is 1.53 bits per heavy atom. The lowest BCUT2D eigenvalue weighted by Crippen LogP contribution is -2.42. The van der Waals surface area contributed by atoms with Crippen LogP contribution in [-0.2, 0) is 11.2 Å². The Balaban J connectivity index is 1.92. The van der Waals surface area contributed by atoms with E-state index in [9.17, 15) is 4.79 Å². The molecule has 2 rings (SSSR count). The molecule has 1 amide bonds. The van der Waals surface area contributed by atoms with E-state index in [-0.39, 0.29) is 18.1 Å². The highest BCUT2D eigenvalue weighted by molar-refractivity contribution is 5.82. The van der Waals surface area contributed by atoms with Crippen LogP contribution in [0.15, 0.2) is 24.3 Å². The van der Waals surface area contributed by atoms with Crippen molar-refractivity contribution >= 4 is 5.91 Å². The first-order valence-electron chi connectivity index (χ1n) is 6.25.